The molecule has 1 N–H and O–H groups in total. The van der Waals surface area contributed by atoms with Crippen LogP contribution in [0.2, 0.25) is 0 Å². The van der Waals surface area contributed by atoms with Crippen LogP contribution in [0, 0.1) is 20.2 Å². The molecule has 2 aromatic carbocycles. The van der Waals surface area contributed by atoms with E-state index in [-0.39, 0.29) is 27.7 Å². The molecule has 0 fully saturated rings. The van der Waals surface area contributed by atoms with Crippen LogP contribution in [-0.2, 0) is 9.53 Å². The number of non-ortho nitro benzene ring substituents is 1. The summed E-state index contributed by atoms with van der Waals surface area (Å²) in [6.07, 6.45) is 0. The van der Waals surface area contributed by atoms with E-state index in [1.165, 1.54) is 43.5 Å². The minimum atomic E-state index is -0.793. The molecule has 0 bridgehead atoms. The van der Waals surface area contributed by atoms with Crippen LogP contribution in [0.1, 0.15) is 9.67 Å². The Morgan fingerprint density at radius 2 is 1.83 bits per heavy atom. The second-order valence-corrected chi connectivity index (χ2v) is 6.94. The van der Waals surface area contributed by atoms with Gasteiger partial charge in [0.25, 0.3) is 17.3 Å². The predicted molar refractivity (Wildman–Crippen MR) is 107 cm³/mol. The van der Waals surface area contributed by atoms with E-state index in [9.17, 15) is 29.8 Å². The lowest BCUT2D eigenvalue weighted by molar-refractivity contribution is -0.384. The van der Waals surface area contributed by atoms with Crippen LogP contribution in [0.25, 0.3) is 10.1 Å². The summed E-state index contributed by atoms with van der Waals surface area (Å²) in [6, 6.07) is 9.49. The molecule has 12 heteroatoms. The van der Waals surface area contributed by atoms with E-state index in [1.807, 2.05) is 0 Å². The number of nitro benzene ring substituents is 2. The fraction of sp³-hybridized carbons (Fsp3) is 0.111. The van der Waals surface area contributed by atoms with Gasteiger partial charge in [0.15, 0.2) is 6.61 Å². The van der Waals surface area contributed by atoms with E-state index >= 15 is 0 Å². The highest BCUT2D eigenvalue weighted by molar-refractivity contribution is 7.20. The topological polar surface area (TPSA) is 151 Å². The molecule has 1 amide bonds. The van der Waals surface area contributed by atoms with Crippen molar-refractivity contribution < 1.29 is 28.9 Å². The Morgan fingerprint density at radius 1 is 1.07 bits per heavy atom. The number of nitrogens with one attached hydrogen (secondary N) is 1. The number of methoxy groups -OCH3 is 1. The van der Waals surface area contributed by atoms with Crippen molar-refractivity contribution in [3.8, 4) is 5.75 Å². The molecule has 30 heavy (non-hydrogen) atoms. The zero-order valence-electron chi connectivity index (χ0n) is 15.3. The molecular formula is C18H13N3O8S. The van der Waals surface area contributed by atoms with E-state index < -0.39 is 28.3 Å². The number of ether oxygens (including phenoxy) is 2. The van der Waals surface area contributed by atoms with Gasteiger partial charge in [-0.1, -0.05) is 0 Å². The molecule has 0 unspecified atom stereocenters. The zero-order valence-corrected chi connectivity index (χ0v) is 16.1. The van der Waals surface area contributed by atoms with Crippen LogP contribution in [0.4, 0.5) is 17.1 Å². The first-order chi connectivity index (χ1) is 14.3. The molecule has 0 spiro atoms. The van der Waals surface area contributed by atoms with Gasteiger partial charge >= 0.3 is 5.97 Å². The van der Waals surface area contributed by atoms with E-state index in [0.29, 0.717) is 10.1 Å². The standard InChI is InChI=1S/C18H13N3O8S/c1-28-12-3-4-13(14(8-12)21(26)27)19-17(22)9-29-18(23)16-7-10-6-11(20(24)25)2-5-15(10)30-16/h2-8H,9H2,1H3,(H,19,22). The highest BCUT2D eigenvalue weighted by atomic mass is 32.1. The Kier molecular flexibility index (Phi) is 5.88. The molecule has 3 aromatic rings. The third kappa shape index (κ3) is 4.50. The number of benzene rings is 2. The lowest BCUT2D eigenvalue weighted by Gasteiger charge is -2.08. The molecule has 0 atom stereocenters. The molecule has 1 aromatic heterocycles. The quantitative estimate of drug-likeness (QED) is 0.339. The number of rotatable bonds is 7. The van der Waals surface area contributed by atoms with Crippen molar-refractivity contribution in [2.24, 2.45) is 0 Å². The molecule has 154 valence electrons. The average molecular weight is 431 g/mol. The first-order valence-corrected chi connectivity index (χ1v) is 9.07. The van der Waals surface area contributed by atoms with Crippen LogP contribution >= 0.6 is 11.3 Å². The van der Waals surface area contributed by atoms with Gasteiger partial charge in [-0.15, -0.1) is 11.3 Å². The van der Waals surface area contributed by atoms with Gasteiger partial charge in [-0.25, -0.2) is 4.79 Å². The van der Waals surface area contributed by atoms with Gasteiger partial charge in [-0.3, -0.25) is 25.0 Å². The van der Waals surface area contributed by atoms with Crippen molar-refractivity contribution in [1.82, 2.24) is 0 Å². The third-order valence-electron chi connectivity index (χ3n) is 3.92. The summed E-state index contributed by atoms with van der Waals surface area (Å²) in [5.74, 6) is -1.32. The summed E-state index contributed by atoms with van der Waals surface area (Å²) >= 11 is 1.06. The summed E-state index contributed by atoms with van der Waals surface area (Å²) in [7, 11) is 1.35. The number of anilines is 1. The van der Waals surface area contributed by atoms with Crippen molar-refractivity contribution in [2.45, 2.75) is 0 Å². The van der Waals surface area contributed by atoms with Crippen LogP contribution in [0.5, 0.6) is 5.75 Å². The monoisotopic (exact) mass is 431 g/mol. The number of hydrogen-bond donors (Lipinski definition) is 1. The Bertz CT molecular complexity index is 1170. The lowest BCUT2D eigenvalue weighted by atomic mass is 10.2. The van der Waals surface area contributed by atoms with Crippen LogP contribution in [0.15, 0.2) is 42.5 Å². The number of nitro groups is 2. The Hall–Kier alpha value is -4.06. The largest absolute Gasteiger partial charge is 0.496 e. The first kappa shape index (κ1) is 20.7. The summed E-state index contributed by atoms with van der Waals surface area (Å²) in [5.41, 5.74) is -0.558. The molecule has 11 nitrogen and oxygen atoms in total. The highest BCUT2D eigenvalue weighted by Gasteiger charge is 2.19. The molecule has 3 rings (SSSR count). The molecule has 0 aliphatic rings. The number of hydrogen-bond acceptors (Lipinski definition) is 9. The maximum absolute atomic E-state index is 12.2. The van der Waals surface area contributed by atoms with Gasteiger partial charge in [0.05, 0.1) is 23.0 Å². The molecule has 0 radical (unpaired) electrons. The van der Waals surface area contributed by atoms with E-state index in [2.05, 4.69) is 5.32 Å². The minimum Gasteiger partial charge on any atom is -0.496 e. The molecule has 0 saturated carbocycles. The fourth-order valence-electron chi connectivity index (χ4n) is 2.53. The van der Waals surface area contributed by atoms with E-state index in [4.69, 9.17) is 9.47 Å². The van der Waals surface area contributed by atoms with E-state index in [0.717, 1.165) is 17.4 Å². The predicted octanol–water partition coefficient (Wildman–Crippen LogP) is 3.52. The van der Waals surface area contributed by atoms with Gasteiger partial charge in [-0.05, 0) is 24.3 Å². The number of amides is 1. The lowest BCUT2D eigenvalue weighted by Crippen LogP contribution is -2.21. The highest BCUT2D eigenvalue weighted by Crippen LogP contribution is 2.30. The maximum atomic E-state index is 12.2. The van der Waals surface area contributed by atoms with Crippen LogP contribution in [0.3, 0.4) is 0 Å². The number of carbonyl (C=O) groups is 2. The second kappa shape index (κ2) is 8.53. The normalized spacial score (nSPS) is 10.4. The summed E-state index contributed by atoms with van der Waals surface area (Å²) in [5, 5.41) is 24.8. The number of fused-ring (bicyclic) bond motifs is 1. The second-order valence-electron chi connectivity index (χ2n) is 5.85. The van der Waals surface area contributed by atoms with Gasteiger partial charge in [-0.2, -0.15) is 0 Å². The van der Waals surface area contributed by atoms with Crippen molar-refractivity contribution in [1.29, 1.82) is 0 Å². The van der Waals surface area contributed by atoms with Gasteiger partial charge in [0.2, 0.25) is 0 Å². The molecule has 0 aliphatic carbocycles. The van der Waals surface area contributed by atoms with Crippen molar-refractivity contribution in [3.63, 3.8) is 0 Å². The van der Waals surface area contributed by atoms with Gasteiger partial charge in [0.1, 0.15) is 16.3 Å². The molecule has 0 saturated heterocycles. The van der Waals surface area contributed by atoms with Crippen molar-refractivity contribution in [2.75, 3.05) is 19.0 Å². The first-order valence-electron chi connectivity index (χ1n) is 8.26. The fourth-order valence-corrected chi connectivity index (χ4v) is 3.47. The summed E-state index contributed by atoms with van der Waals surface area (Å²) < 4.78 is 10.5. The zero-order chi connectivity index (χ0) is 21.8. The Morgan fingerprint density at radius 3 is 2.50 bits per heavy atom. The molecule has 1 heterocycles. The molecule has 0 aliphatic heterocycles. The minimum absolute atomic E-state index is 0.0731. The van der Waals surface area contributed by atoms with E-state index in [1.54, 1.807) is 0 Å². The Balaban J connectivity index is 1.66. The summed E-state index contributed by atoms with van der Waals surface area (Å²) in [4.78, 5) is 45.2. The average Bonchev–Trinajstić information content (AvgIpc) is 3.15. The third-order valence-corrected chi connectivity index (χ3v) is 5.02. The SMILES string of the molecule is COc1ccc(NC(=O)COC(=O)c2cc3cc([N+](=O)[O-])ccc3s2)c([N+](=O)[O-])c1. The smallest absolute Gasteiger partial charge is 0.348 e. The number of thiophene rings is 1. The number of nitrogens with zero attached hydrogens (tertiary/aromatic N) is 2. The summed E-state index contributed by atoms with van der Waals surface area (Å²) in [6.45, 7) is -0.670. The number of carbonyl (C=O) groups excluding carboxylic acids is 2. The van der Waals surface area contributed by atoms with Crippen molar-refractivity contribution in [3.05, 3.63) is 67.6 Å². The van der Waals surface area contributed by atoms with Gasteiger partial charge in [0, 0.05) is 22.2 Å². The van der Waals surface area contributed by atoms with Crippen LogP contribution < -0.4 is 10.1 Å². The van der Waals surface area contributed by atoms with Crippen LogP contribution in [-0.4, -0.2) is 35.4 Å². The molecular weight excluding hydrogens is 418 g/mol. The van der Waals surface area contributed by atoms with Gasteiger partial charge < -0.3 is 14.8 Å². The maximum Gasteiger partial charge on any atom is 0.348 e. The Labute approximate surface area is 172 Å². The number of esters is 1. The van der Waals surface area contributed by atoms with Crippen molar-refractivity contribution >= 4 is 50.4 Å².